The summed E-state index contributed by atoms with van der Waals surface area (Å²) in [6.07, 6.45) is 0. The highest BCUT2D eigenvalue weighted by Gasteiger charge is 2.16. The molecule has 0 bridgehead atoms. The maximum absolute atomic E-state index is 12.9. The SMILES string of the molecule is CCOc1ccc(C(C)NC(=O)c2ccc(OCc3cscn3)c(OC)c2)cc1OCC. The molecule has 3 rings (SSSR count). The molecule has 0 fully saturated rings. The van der Waals surface area contributed by atoms with Crippen LogP contribution in [0.4, 0.5) is 0 Å². The molecule has 1 aromatic heterocycles. The molecule has 1 unspecified atom stereocenters. The predicted molar refractivity (Wildman–Crippen MR) is 124 cm³/mol. The number of aromatic nitrogens is 1. The summed E-state index contributed by atoms with van der Waals surface area (Å²) >= 11 is 1.51. The molecular weight excluding hydrogens is 428 g/mol. The number of carbonyl (C=O) groups excluding carboxylic acids is 1. The van der Waals surface area contributed by atoms with E-state index < -0.39 is 0 Å². The summed E-state index contributed by atoms with van der Waals surface area (Å²) in [4.78, 5) is 17.1. The van der Waals surface area contributed by atoms with E-state index in [0.717, 1.165) is 11.3 Å². The highest BCUT2D eigenvalue weighted by Crippen LogP contribution is 2.32. The zero-order chi connectivity index (χ0) is 22.9. The summed E-state index contributed by atoms with van der Waals surface area (Å²) in [5, 5.41) is 4.94. The zero-order valence-electron chi connectivity index (χ0n) is 18.7. The van der Waals surface area contributed by atoms with Gasteiger partial charge in [-0.2, -0.15) is 0 Å². The molecule has 0 aliphatic heterocycles. The summed E-state index contributed by atoms with van der Waals surface area (Å²) < 4.78 is 22.5. The van der Waals surface area contributed by atoms with Gasteiger partial charge in [-0.3, -0.25) is 4.79 Å². The average molecular weight is 457 g/mol. The van der Waals surface area contributed by atoms with Crippen molar-refractivity contribution in [3.05, 3.63) is 64.1 Å². The second kappa shape index (κ2) is 11.4. The highest BCUT2D eigenvalue weighted by molar-refractivity contribution is 7.07. The number of methoxy groups -OCH3 is 1. The molecule has 0 aliphatic rings. The molecule has 2 aromatic carbocycles. The molecule has 32 heavy (non-hydrogen) atoms. The van der Waals surface area contributed by atoms with E-state index in [0.29, 0.717) is 48.4 Å². The number of carbonyl (C=O) groups is 1. The molecule has 8 heteroatoms. The van der Waals surface area contributed by atoms with Crippen molar-refractivity contribution in [3.63, 3.8) is 0 Å². The number of rotatable bonds is 11. The first-order valence-corrected chi connectivity index (χ1v) is 11.4. The fourth-order valence-corrected chi connectivity index (χ4v) is 3.63. The maximum atomic E-state index is 12.9. The van der Waals surface area contributed by atoms with Crippen molar-refractivity contribution in [1.82, 2.24) is 10.3 Å². The molecule has 0 saturated carbocycles. The molecule has 3 aromatic rings. The predicted octanol–water partition coefficient (Wildman–Crippen LogP) is 5.02. The van der Waals surface area contributed by atoms with Crippen molar-refractivity contribution in [2.45, 2.75) is 33.4 Å². The smallest absolute Gasteiger partial charge is 0.251 e. The Labute approximate surface area is 192 Å². The summed E-state index contributed by atoms with van der Waals surface area (Å²) in [5.74, 6) is 2.18. The molecule has 0 saturated heterocycles. The van der Waals surface area contributed by atoms with E-state index in [2.05, 4.69) is 10.3 Å². The van der Waals surface area contributed by atoms with Crippen LogP contribution in [0.2, 0.25) is 0 Å². The Hall–Kier alpha value is -3.26. The number of ether oxygens (including phenoxy) is 4. The third-order valence-electron chi connectivity index (χ3n) is 4.70. The summed E-state index contributed by atoms with van der Waals surface area (Å²) in [6, 6.07) is 10.6. The van der Waals surface area contributed by atoms with Crippen LogP contribution in [0, 0.1) is 0 Å². The van der Waals surface area contributed by atoms with Crippen LogP contribution in [0.25, 0.3) is 0 Å². The minimum absolute atomic E-state index is 0.214. The molecule has 1 N–H and O–H groups in total. The van der Waals surface area contributed by atoms with Gasteiger partial charge in [0.15, 0.2) is 23.0 Å². The molecule has 7 nitrogen and oxygen atoms in total. The number of nitrogens with one attached hydrogen (secondary N) is 1. The van der Waals surface area contributed by atoms with E-state index in [-0.39, 0.29) is 11.9 Å². The number of benzene rings is 2. The zero-order valence-corrected chi connectivity index (χ0v) is 19.5. The quantitative estimate of drug-likeness (QED) is 0.437. The van der Waals surface area contributed by atoms with Gasteiger partial charge in [-0.1, -0.05) is 6.07 Å². The van der Waals surface area contributed by atoms with E-state index in [1.807, 2.05) is 44.4 Å². The number of hydrogen-bond acceptors (Lipinski definition) is 7. The summed E-state index contributed by atoms with van der Waals surface area (Å²) in [7, 11) is 1.55. The van der Waals surface area contributed by atoms with Crippen molar-refractivity contribution in [1.29, 1.82) is 0 Å². The number of thiazole rings is 1. The van der Waals surface area contributed by atoms with Gasteiger partial charge >= 0.3 is 0 Å². The standard InChI is InChI=1S/C24H28N2O5S/c1-5-29-21-9-7-17(11-23(21)30-6-2)16(3)26-24(27)18-8-10-20(22(12-18)28-4)31-13-19-14-32-15-25-19/h7-12,14-16H,5-6,13H2,1-4H3,(H,26,27). The molecule has 1 heterocycles. The van der Waals surface area contributed by atoms with Crippen LogP contribution in [-0.4, -0.2) is 31.2 Å². The van der Waals surface area contributed by atoms with Crippen LogP contribution < -0.4 is 24.3 Å². The van der Waals surface area contributed by atoms with Crippen LogP contribution in [0.1, 0.15) is 48.4 Å². The van der Waals surface area contributed by atoms with Crippen molar-refractivity contribution < 1.29 is 23.7 Å². The normalized spacial score (nSPS) is 11.5. The van der Waals surface area contributed by atoms with Crippen LogP contribution in [0.5, 0.6) is 23.0 Å². The Morgan fingerprint density at radius 3 is 2.41 bits per heavy atom. The molecule has 1 atom stereocenters. The Bertz CT molecular complexity index is 1020. The third-order valence-corrected chi connectivity index (χ3v) is 5.34. The van der Waals surface area contributed by atoms with Gasteiger partial charge in [0, 0.05) is 10.9 Å². The minimum atomic E-state index is -0.232. The number of amides is 1. The Morgan fingerprint density at radius 2 is 1.72 bits per heavy atom. The number of nitrogens with zero attached hydrogens (tertiary/aromatic N) is 1. The van der Waals surface area contributed by atoms with E-state index >= 15 is 0 Å². The lowest BCUT2D eigenvalue weighted by Crippen LogP contribution is -2.26. The van der Waals surface area contributed by atoms with Gasteiger partial charge in [-0.25, -0.2) is 4.98 Å². The molecule has 0 radical (unpaired) electrons. The van der Waals surface area contributed by atoms with E-state index in [9.17, 15) is 4.79 Å². The van der Waals surface area contributed by atoms with Gasteiger partial charge < -0.3 is 24.3 Å². The fraction of sp³-hybridized carbons (Fsp3) is 0.333. The summed E-state index contributed by atoms with van der Waals surface area (Å²) in [5.41, 5.74) is 3.99. The van der Waals surface area contributed by atoms with Crippen molar-refractivity contribution in [3.8, 4) is 23.0 Å². The van der Waals surface area contributed by atoms with Crippen molar-refractivity contribution >= 4 is 17.2 Å². The Kier molecular flexibility index (Phi) is 8.33. The average Bonchev–Trinajstić information content (AvgIpc) is 3.32. The minimum Gasteiger partial charge on any atom is -0.493 e. The summed E-state index contributed by atoms with van der Waals surface area (Å²) in [6.45, 7) is 7.19. The topological polar surface area (TPSA) is 78.9 Å². The monoisotopic (exact) mass is 456 g/mol. The van der Waals surface area contributed by atoms with Gasteiger partial charge in [0.1, 0.15) is 6.61 Å². The second-order valence-corrected chi connectivity index (χ2v) is 7.62. The lowest BCUT2D eigenvalue weighted by molar-refractivity contribution is 0.0939. The Morgan fingerprint density at radius 1 is 1.00 bits per heavy atom. The first-order valence-electron chi connectivity index (χ1n) is 10.4. The van der Waals surface area contributed by atoms with Crippen LogP contribution in [0.3, 0.4) is 0 Å². The largest absolute Gasteiger partial charge is 0.493 e. The van der Waals surface area contributed by atoms with Gasteiger partial charge in [0.05, 0.1) is 37.6 Å². The lowest BCUT2D eigenvalue weighted by atomic mass is 10.1. The molecule has 1 amide bonds. The van der Waals surface area contributed by atoms with E-state index in [4.69, 9.17) is 18.9 Å². The van der Waals surface area contributed by atoms with Crippen molar-refractivity contribution in [2.75, 3.05) is 20.3 Å². The van der Waals surface area contributed by atoms with E-state index in [1.54, 1.807) is 30.8 Å². The second-order valence-electron chi connectivity index (χ2n) is 6.90. The van der Waals surface area contributed by atoms with Crippen LogP contribution >= 0.6 is 11.3 Å². The van der Waals surface area contributed by atoms with E-state index in [1.165, 1.54) is 11.3 Å². The van der Waals surface area contributed by atoms with Gasteiger partial charge in [-0.05, 0) is 56.7 Å². The third kappa shape index (κ3) is 5.91. The van der Waals surface area contributed by atoms with Gasteiger partial charge in [0.2, 0.25) is 0 Å². The Balaban J connectivity index is 1.69. The fourth-order valence-electron chi connectivity index (χ4n) is 3.09. The van der Waals surface area contributed by atoms with Crippen molar-refractivity contribution in [2.24, 2.45) is 0 Å². The number of hydrogen-bond donors (Lipinski definition) is 1. The van der Waals surface area contributed by atoms with Crippen LogP contribution in [-0.2, 0) is 6.61 Å². The van der Waals surface area contributed by atoms with Gasteiger partial charge in [-0.15, -0.1) is 11.3 Å². The molecule has 0 spiro atoms. The van der Waals surface area contributed by atoms with Gasteiger partial charge in [0.25, 0.3) is 5.91 Å². The first kappa shape index (κ1) is 23.4. The molecular formula is C24H28N2O5S. The highest BCUT2D eigenvalue weighted by atomic mass is 32.1. The molecule has 0 aliphatic carbocycles. The first-order chi connectivity index (χ1) is 15.5. The molecule has 170 valence electrons. The lowest BCUT2D eigenvalue weighted by Gasteiger charge is -2.18. The van der Waals surface area contributed by atoms with Crippen LogP contribution in [0.15, 0.2) is 47.3 Å². The maximum Gasteiger partial charge on any atom is 0.251 e.